The summed E-state index contributed by atoms with van der Waals surface area (Å²) in [6.45, 7) is 2.85. The topological polar surface area (TPSA) is 122 Å². The van der Waals surface area contributed by atoms with Crippen LogP contribution in [0.1, 0.15) is 25.3 Å². The Morgan fingerprint density at radius 1 is 1.08 bits per heavy atom. The SMILES string of the molecule is CCC(Oc1cccc(CN(CCCNS(=O)(=O)c2ccccc2)c2nc3ccccc3o2)c1)C(=O)O. The van der Waals surface area contributed by atoms with Crippen molar-refractivity contribution in [2.75, 3.05) is 18.0 Å². The maximum absolute atomic E-state index is 12.5. The highest BCUT2D eigenvalue weighted by Crippen LogP contribution is 2.25. The van der Waals surface area contributed by atoms with Crippen molar-refractivity contribution in [1.29, 1.82) is 0 Å². The molecule has 1 aromatic heterocycles. The van der Waals surface area contributed by atoms with E-state index in [-0.39, 0.29) is 11.4 Å². The Morgan fingerprint density at radius 2 is 1.84 bits per heavy atom. The van der Waals surface area contributed by atoms with Crippen LogP contribution in [0, 0.1) is 0 Å². The fourth-order valence-corrected chi connectivity index (χ4v) is 4.90. The number of hydrogen-bond acceptors (Lipinski definition) is 7. The van der Waals surface area contributed by atoms with Crippen molar-refractivity contribution in [3.8, 4) is 5.75 Å². The summed E-state index contributed by atoms with van der Waals surface area (Å²) in [7, 11) is -3.60. The average Bonchev–Trinajstić information content (AvgIpc) is 3.34. The number of aliphatic carboxylic acids is 1. The second kappa shape index (κ2) is 11.9. The fraction of sp³-hybridized carbons (Fsp3) is 0.259. The molecule has 194 valence electrons. The number of nitrogens with zero attached hydrogens (tertiary/aromatic N) is 2. The number of anilines is 1. The fourth-order valence-electron chi connectivity index (χ4n) is 3.81. The largest absolute Gasteiger partial charge is 0.479 e. The zero-order chi connectivity index (χ0) is 26.3. The van der Waals surface area contributed by atoms with Crippen LogP contribution < -0.4 is 14.4 Å². The molecule has 0 fully saturated rings. The lowest BCUT2D eigenvalue weighted by Crippen LogP contribution is -2.30. The minimum Gasteiger partial charge on any atom is -0.479 e. The summed E-state index contributed by atoms with van der Waals surface area (Å²) < 4.78 is 39.3. The first-order chi connectivity index (χ1) is 17.9. The van der Waals surface area contributed by atoms with E-state index in [1.807, 2.05) is 35.2 Å². The third-order valence-corrected chi connectivity index (χ3v) is 7.18. The van der Waals surface area contributed by atoms with Gasteiger partial charge < -0.3 is 19.2 Å². The second-order valence-electron chi connectivity index (χ2n) is 8.45. The Labute approximate surface area is 215 Å². The maximum atomic E-state index is 12.5. The summed E-state index contributed by atoms with van der Waals surface area (Å²) in [6, 6.07) is 23.3. The summed E-state index contributed by atoms with van der Waals surface area (Å²) in [5.41, 5.74) is 2.23. The zero-order valence-corrected chi connectivity index (χ0v) is 21.2. The molecule has 9 nitrogen and oxygen atoms in total. The van der Waals surface area contributed by atoms with E-state index in [4.69, 9.17) is 9.15 Å². The molecule has 0 aliphatic rings. The molecule has 37 heavy (non-hydrogen) atoms. The van der Waals surface area contributed by atoms with Crippen molar-refractivity contribution in [1.82, 2.24) is 9.71 Å². The normalized spacial score (nSPS) is 12.4. The molecule has 3 aromatic carbocycles. The number of fused-ring (bicyclic) bond motifs is 1. The lowest BCUT2D eigenvalue weighted by Gasteiger charge is -2.21. The van der Waals surface area contributed by atoms with Crippen LogP contribution >= 0.6 is 0 Å². The molecule has 10 heteroatoms. The number of carboxylic acid groups (broad SMARTS) is 1. The molecule has 4 aromatic rings. The molecule has 4 rings (SSSR count). The van der Waals surface area contributed by atoms with E-state index in [1.165, 1.54) is 0 Å². The molecule has 0 saturated carbocycles. The van der Waals surface area contributed by atoms with E-state index >= 15 is 0 Å². The molecule has 0 radical (unpaired) electrons. The van der Waals surface area contributed by atoms with E-state index in [0.717, 1.165) is 11.1 Å². The number of benzene rings is 3. The highest BCUT2D eigenvalue weighted by Gasteiger charge is 2.19. The number of para-hydroxylation sites is 2. The van der Waals surface area contributed by atoms with Crippen LogP contribution in [-0.4, -0.2) is 43.7 Å². The Balaban J connectivity index is 1.48. The number of oxazole rings is 1. The Morgan fingerprint density at radius 3 is 2.57 bits per heavy atom. The smallest absolute Gasteiger partial charge is 0.344 e. The number of hydrogen-bond donors (Lipinski definition) is 2. The standard InChI is InChI=1S/C27H29N3O6S/c1-2-24(26(31)32)35-21-11-8-10-20(18-21)19-30(27-29-23-14-6-7-15-25(23)36-27)17-9-16-28-37(33,34)22-12-4-3-5-13-22/h3-8,10-15,18,24,28H,2,9,16-17,19H2,1H3,(H,31,32). The first kappa shape index (κ1) is 26.2. The molecule has 0 aliphatic heterocycles. The minimum atomic E-state index is -3.60. The molecule has 1 atom stereocenters. The molecule has 0 bridgehead atoms. The first-order valence-corrected chi connectivity index (χ1v) is 13.5. The summed E-state index contributed by atoms with van der Waals surface area (Å²) in [6.07, 6.45) is -0.0909. The van der Waals surface area contributed by atoms with Crippen LogP contribution in [0.4, 0.5) is 6.01 Å². The van der Waals surface area contributed by atoms with Gasteiger partial charge in [-0.1, -0.05) is 49.4 Å². The minimum absolute atomic E-state index is 0.217. The number of ether oxygens (including phenoxy) is 1. The van der Waals surface area contributed by atoms with Gasteiger partial charge in [0.25, 0.3) is 6.01 Å². The molecular formula is C27H29N3O6S. The summed E-state index contributed by atoms with van der Waals surface area (Å²) in [4.78, 5) is 18.1. The van der Waals surface area contributed by atoms with Gasteiger partial charge >= 0.3 is 5.97 Å². The van der Waals surface area contributed by atoms with Gasteiger partial charge in [-0.2, -0.15) is 4.98 Å². The highest BCUT2D eigenvalue weighted by atomic mass is 32.2. The number of carboxylic acids is 1. The Bertz CT molecular complexity index is 1410. The van der Waals surface area contributed by atoms with Gasteiger partial charge in [0.05, 0.1) is 4.90 Å². The van der Waals surface area contributed by atoms with Gasteiger partial charge in [-0.3, -0.25) is 0 Å². The van der Waals surface area contributed by atoms with Crippen LogP contribution in [-0.2, 0) is 21.4 Å². The third kappa shape index (κ3) is 6.87. The van der Waals surface area contributed by atoms with Crippen molar-refractivity contribution in [3.63, 3.8) is 0 Å². The van der Waals surface area contributed by atoms with E-state index < -0.39 is 22.1 Å². The van der Waals surface area contributed by atoms with Crippen molar-refractivity contribution >= 4 is 33.1 Å². The number of aromatic nitrogens is 1. The van der Waals surface area contributed by atoms with Crippen LogP contribution in [0.15, 0.2) is 88.2 Å². The van der Waals surface area contributed by atoms with Gasteiger partial charge in [-0.25, -0.2) is 17.9 Å². The second-order valence-corrected chi connectivity index (χ2v) is 10.2. The average molecular weight is 524 g/mol. The van der Waals surface area contributed by atoms with Gasteiger partial charge in [0, 0.05) is 19.6 Å². The molecule has 0 saturated heterocycles. The predicted molar refractivity (Wildman–Crippen MR) is 140 cm³/mol. The van der Waals surface area contributed by atoms with Crippen molar-refractivity contribution in [3.05, 3.63) is 84.4 Å². The van der Waals surface area contributed by atoms with Gasteiger partial charge in [0.15, 0.2) is 11.7 Å². The monoisotopic (exact) mass is 523 g/mol. The molecule has 2 N–H and O–H groups in total. The number of nitrogens with one attached hydrogen (secondary N) is 1. The first-order valence-electron chi connectivity index (χ1n) is 12.0. The van der Waals surface area contributed by atoms with Crippen LogP contribution in [0.25, 0.3) is 11.1 Å². The van der Waals surface area contributed by atoms with Crippen molar-refractivity contribution in [2.45, 2.75) is 37.3 Å². The van der Waals surface area contributed by atoms with E-state index in [0.29, 0.717) is 43.3 Å². The lowest BCUT2D eigenvalue weighted by atomic mass is 10.2. The number of carbonyl (C=O) groups is 1. The quantitative estimate of drug-likeness (QED) is 0.247. The summed E-state index contributed by atoms with van der Waals surface area (Å²) in [5, 5.41) is 9.31. The van der Waals surface area contributed by atoms with Crippen LogP contribution in [0.3, 0.4) is 0 Å². The molecule has 0 amide bonds. The van der Waals surface area contributed by atoms with E-state index in [9.17, 15) is 18.3 Å². The Hall–Kier alpha value is -3.89. The van der Waals surface area contributed by atoms with Gasteiger partial charge in [-0.05, 0) is 54.8 Å². The third-order valence-electron chi connectivity index (χ3n) is 5.70. The van der Waals surface area contributed by atoms with Gasteiger partial charge in [-0.15, -0.1) is 0 Å². The number of rotatable bonds is 13. The lowest BCUT2D eigenvalue weighted by molar-refractivity contribution is -0.145. The molecule has 0 spiro atoms. The van der Waals surface area contributed by atoms with E-state index in [2.05, 4.69) is 9.71 Å². The summed E-state index contributed by atoms with van der Waals surface area (Å²) >= 11 is 0. The van der Waals surface area contributed by atoms with Crippen molar-refractivity contribution in [2.24, 2.45) is 0 Å². The zero-order valence-electron chi connectivity index (χ0n) is 20.4. The van der Waals surface area contributed by atoms with Gasteiger partial charge in [0.2, 0.25) is 10.0 Å². The summed E-state index contributed by atoms with van der Waals surface area (Å²) in [5.74, 6) is -0.557. The van der Waals surface area contributed by atoms with Gasteiger partial charge in [0.1, 0.15) is 11.3 Å². The van der Waals surface area contributed by atoms with Crippen LogP contribution in [0.2, 0.25) is 0 Å². The molecule has 1 heterocycles. The molecular weight excluding hydrogens is 494 g/mol. The Kier molecular flexibility index (Phi) is 8.42. The predicted octanol–water partition coefficient (Wildman–Crippen LogP) is 4.45. The maximum Gasteiger partial charge on any atom is 0.344 e. The van der Waals surface area contributed by atoms with Crippen LogP contribution in [0.5, 0.6) is 5.75 Å². The number of sulfonamides is 1. The molecule has 0 aliphatic carbocycles. The molecule has 1 unspecified atom stereocenters. The van der Waals surface area contributed by atoms with Crippen molar-refractivity contribution < 1.29 is 27.5 Å². The highest BCUT2D eigenvalue weighted by molar-refractivity contribution is 7.89. The van der Waals surface area contributed by atoms with E-state index in [1.54, 1.807) is 55.5 Å².